The first-order valence-electron chi connectivity index (χ1n) is 7.82. The number of amides is 2. The van der Waals surface area contributed by atoms with Crippen LogP contribution in [0, 0.1) is 0 Å². The quantitative estimate of drug-likeness (QED) is 0.858. The molecule has 0 radical (unpaired) electrons. The lowest BCUT2D eigenvalue weighted by Crippen LogP contribution is -2.33. The summed E-state index contributed by atoms with van der Waals surface area (Å²) in [7, 11) is 0. The summed E-state index contributed by atoms with van der Waals surface area (Å²) in [5, 5.41) is 3.84. The van der Waals surface area contributed by atoms with Gasteiger partial charge in [0, 0.05) is 25.2 Å². The van der Waals surface area contributed by atoms with Crippen molar-refractivity contribution in [3.63, 3.8) is 0 Å². The number of nitrogens with zero attached hydrogens (tertiary/aromatic N) is 2. The van der Waals surface area contributed by atoms with Gasteiger partial charge >= 0.3 is 0 Å². The van der Waals surface area contributed by atoms with Gasteiger partial charge in [0.2, 0.25) is 5.91 Å². The fourth-order valence-electron chi connectivity index (χ4n) is 2.68. The van der Waals surface area contributed by atoms with E-state index in [0.717, 1.165) is 31.1 Å². The van der Waals surface area contributed by atoms with Gasteiger partial charge in [-0.2, -0.15) is 4.99 Å². The average Bonchev–Trinajstić information content (AvgIpc) is 2.93. The summed E-state index contributed by atoms with van der Waals surface area (Å²) in [5.41, 5.74) is 0.557. The number of nitrogens with one attached hydrogen (secondary N) is 1. The van der Waals surface area contributed by atoms with Crippen molar-refractivity contribution >= 4 is 57.6 Å². The van der Waals surface area contributed by atoms with Gasteiger partial charge in [-0.3, -0.25) is 9.59 Å². The number of aliphatic imine (C=N–C) groups is 1. The van der Waals surface area contributed by atoms with Crippen molar-refractivity contribution in [1.82, 2.24) is 4.90 Å². The molecule has 2 heterocycles. The van der Waals surface area contributed by atoms with Crippen molar-refractivity contribution in [2.75, 3.05) is 18.4 Å². The number of benzene rings is 1. The van der Waals surface area contributed by atoms with E-state index in [1.54, 1.807) is 18.2 Å². The summed E-state index contributed by atoms with van der Waals surface area (Å²) in [4.78, 5) is 30.5. The summed E-state index contributed by atoms with van der Waals surface area (Å²) in [6.45, 7) is 1.86. The van der Waals surface area contributed by atoms with Crippen molar-refractivity contribution in [1.29, 1.82) is 0 Å². The number of hydrogen-bond donors (Lipinski definition) is 1. The maximum absolute atomic E-state index is 12.2. The molecule has 1 aromatic carbocycles. The predicted molar refractivity (Wildman–Crippen MR) is 99.0 cm³/mol. The van der Waals surface area contributed by atoms with Crippen LogP contribution < -0.4 is 5.32 Å². The lowest BCUT2D eigenvalue weighted by atomic mass is 10.1. The van der Waals surface area contributed by atoms with Crippen molar-refractivity contribution < 1.29 is 9.59 Å². The number of piperidine rings is 1. The Kier molecular flexibility index (Phi) is 5.69. The van der Waals surface area contributed by atoms with E-state index in [4.69, 9.17) is 23.2 Å². The zero-order valence-electron chi connectivity index (χ0n) is 12.9. The van der Waals surface area contributed by atoms with Crippen LogP contribution in [0.4, 0.5) is 5.69 Å². The molecule has 1 atom stereocenters. The topological polar surface area (TPSA) is 61.8 Å². The maximum atomic E-state index is 12.2. The summed E-state index contributed by atoms with van der Waals surface area (Å²) in [5.74, 6) is -0.473. The van der Waals surface area contributed by atoms with E-state index in [0.29, 0.717) is 15.7 Å². The summed E-state index contributed by atoms with van der Waals surface area (Å²) >= 11 is 13.2. The molecule has 2 aliphatic heterocycles. The van der Waals surface area contributed by atoms with Gasteiger partial charge in [-0.05, 0) is 37.5 Å². The number of amidine groups is 1. The minimum absolute atomic E-state index is 0.0879. The lowest BCUT2D eigenvalue weighted by Gasteiger charge is -2.27. The van der Waals surface area contributed by atoms with Gasteiger partial charge in [0.25, 0.3) is 5.91 Å². The molecular weight excluding hydrogens is 369 g/mol. The number of halogens is 2. The van der Waals surface area contributed by atoms with Crippen LogP contribution in [0.15, 0.2) is 23.2 Å². The van der Waals surface area contributed by atoms with Gasteiger partial charge in [0.15, 0.2) is 5.17 Å². The second-order valence-electron chi connectivity index (χ2n) is 5.77. The fraction of sp³-hybridized carbons (Fsp3) is 0.438. The van der Waals surface area contributed by atoms with Crippen LogP contribution in [0.3, 0.4) is 0 Å². The van der Waals surface area contributed by atoms with Crippen molar-refractivity contribution in [2.24, 2.45) is 4.99 Å². The molecule has 0 aromatic heterocycles. The second kappa shape index (κ2) is 7.76. The molecule has 2 amide bonds. The first kappa shape index (κ1) is 17.6. The molecule has 0 unspecified atom stereocenters. The molecule has 0 saturated carbocycles. The SMILES string of the molecule is O=C(C[C@H]1SC(N2CCCCC2)=NC1=O)Nc1ccc(Cl)c(Cl)c1. The Morgan fingerprint density at radius 3 is 2.71 bits per heavy atom. The Hall–Kier alpha value is -1.24. The smallest absolute Gasteiger partial charge is 0.262 e. The van der Waals surface area contributed by atoms with Crippen LogP contribution in [0.2, 0.25) is 10.0 Å². The molecule has 1 saturated heterocycles. The molecule has 5 nitrogen and oxygen atoms in total. The lowest BCUT2D eigenvalue weighted by molar-refractivity contribution is -0.121. The van der Waals surface area contributed by atoms with Crippen molar-refractivity contribution in [2.45, 2.75) is 30.9 Å². The second-order valence-corrected chi connectivity index (χ2v) is 7.75. The molecule has 2 aliphatic rings. The van der Waals surface area contributed by atoms with Gasteiger partial charge < -0.3 is 10.2 Å². The molecule has 1 fully saturated rings. The van der Waals surface area contributed by atoms with Gasteiger partial charge in [0.1, 0.15) is 5.25 Å². The Morgan fingerprint density at radius 1 is 1.25 bits per heavy atom. The predicted octanol–water partition coefficient (Wildman–Crippen LogP) is 3.81. The minimum atomic E-state index is -0.454. The van der Waals surface area contributed by atoms with Crippen molar-refractivity contribution in [3.8, 4) is 0 Å². The van der Waals surface area contributed by atoms with Gasteiger partial charge in [-0.25, -0.2) is 0 Å². The largest absolute Gasteiger partial charge is 0.351 e. The van der Waals surface area contributed by atoms with Crippen LogP contribution in [0.1, 0.15) is 25.7 Å². The van der Waals surface area contributed by atoms with E-state index in [2.05, 4.69) is 15.2 Å². The number of likely N-dealkylation sites (tertiary alicyclic amines) is 1. The molecule has 1 aromatic rings. The molecule has 0 aliphatic carbocycles. The van der Waals surface area contributed by atoms with Crippen LogP contribution >= 0.6 is 35.0 Å². The molecule has 0 spiro atoms. The summed E-state index contributed by atoms with van der Waals surface area (Å²) in [6.07, 6.45) is 3.55. The average molecular weight is 386 g/mol. The number of thioether (sulfide) groups is 1. The monoisotopic (exact) mass is 385 g/mol. The van der Waals surface area contributed by atoms with E-state index in [9.17, 15) is 9.59 Å². The standard InChI is InChI=1S/C16H17Cl2N3O2S/c17-11-5-4-10(8-12(11)18)19-14(22)9-13-15(23)20-16(24-13)21-6-2-1-3-7-21/h4-5,8,13H,1-3,6-7,9H2,(H,19,22)/t13-/m1/s1. The van der Waals surface area contributed by atoms with E-state index in [1.165, 1.54) is 18.2 Å². The highest BCUT2D eigenvalue weighted by Crippen LogP contribution is 2.29. The number of hydrogen-bond acceptors (Lipinski definition) is 4. The van der Waals surface area contributed by atoms with Gasteiger partial charge in [-0.1, -0.05) is 35.0 Å². The maximum Gasteiger partial charge on any atom is 0.262 e. The minimum Gasteiger partial charge on any atom is -0.351 e. The van der Waals surface area contributed by atoms with Crippen molar-refractivity contribution in [3.05, 3.63) is 28.2 Å². The normalized spacial score (nSPS) is 20.9. The third-order valence-corrected chi connectivity index (χ3v) is 5.88. The Labute approximate surface area is 154 Å². The Balaban J connectivity index is 1.55. The molecular formula is C16H17Cl2N3O2S. The van der Waals surface area contributed by atoms with Crippen LogP contribution in [0.5, 0.6) is 0 Å². The summed E-state index contributed by atoms with van der Waals surface area (Å²) in [6, 6.07) is 4.87. The number of anilines is 1. The molecule has 24 heavy (non-hydrogen) atoms. The van der Waals surface area contributed by atoms with E-state index in [-0.39, 0.29) is 18.2 Å². The first-order valence-corrected chi connectivity index (χ1v) is 9.45. The summed E-state index contributed by atoms with van der Waals surface area (Å²) < 4.78 is 0. The highest BCUT2D eigenvalue weighted by molar-refractivity contribution is 8.15. The van der Waals surface area contributed by atoms with E-state index < -0.39 is 5.25 Å². The highest BCUT2D eigenvalue weighted by atomic mass is 35.5. The Morgan fingerprint density at radius 2 is 2.00 bits per heavy atom. The van der Waals surface area contributed by atoms with E-state index >= 15 is 0 Å². The Bertz CT molecular complexity index is 690. The molecule has 0 bridgehead atoms. The molecule has 8 heteroatoms. The zero-order valence-corrected chi connectivity index (χ0v) is 15.3. The van der Waals surface area contributed by atoms with Gasteiger partial charge in [0.05, 0.1) is 10.0 Å². The zero-order chi connectivity index (χ0) is 17.1. The van der Waals surface area contributed by atoms with Crippen LogP contribution in [-0.4, -0.2) is 40.2 Å². The third kappa shape index (κ3) is 4.23. The van der Waals surface area contributed by atoms with E-state index in [1.807, 2.05) is 0 Å². The van der Waals surface area contributed by atoms with Crippen LogP contribution in [-0.2, 0) is 9.59 Å². The highest BCUT2D eigenvalue weighted by Gasteiger charge is 2.33. The number of carbonyl (C=O) groups is 2. The third-order valence-electron chi connectivity index (χ3n) is 3.93. The molecule has 3 rings (SSSR count). The fourth-order valence-corrected chi connectivity index (χ4v) is 4.10. The molecule has 128 valence electrons. The first-order chi connectivity index (χ1) is 11.5. The van der Waals surface area contributed by atoms with Gasteiger partial charge in [-0.15, -0.1) is 0 Å². The molecule has 1 N–H and O–H groups in total. The number of carbonyl (C=O) groups excluding carboxylic acids is 2. The van der Waals surface area contributed by atoms with Crippen LogP contribution in [0.25, 0.3) is 0 Å². The number of rotatable bonds is 3.